The van der Waals surface area contributed by atoms with Gasteiger partial charge in [0, 0.05) is 32.7 Å². The maximum absolute atomic E-state index is 8.97. The summed E-state index contributed by atoms with van der Waals surface area (Å²) in [5.74, 6) is 0.887. The maximum Gasteiger partial charge on any atom is 0.119 e. The molecule has 4 heteroatoms. The van der Waals surface area contributed by atoms with E-state index in [1.165, 1.54) is 32.7 Å². The van der Waals surface area contributed by atoms with Crippen molar-refractivity contribution < 1.29 is 9.84 Å². The van der Waals surface area contributed by atoms with E-state index in [2.05, 4.69) is 16.7 Å². The third kappa shape index (κ3) is 4.78. The van der Waals surface area contributed by atoms with E-state index in [4.69, 9.17) is 9.84 Å². The molecule has 1 heterocycles. The Morgan fingerprint density at radius 2 is 1.70 bits per heavy atom. The van der Waals surface area contributed by atoms with Crippen LogP contribution in [-0.2, 0) is 6.61 Å². The highest BCUT2D eigenvalue weighted by Crippen LogP contribution is 2.12. The molecular weight excluding hydrogens is 252 g/mol. The fraction of sp³-hybridized carbons (Fsp3) is 0.625. The minimum absolute atomic E-state index is 0.0873. The number of nitrogens with zero attached hydrogens (tertiary/aromatic N) is 2. The van der Waals surface area contributed by atoms with Crippen LogP contribution < -0.4 is 4.74 Å². The fourth-order valence-electron chi connectivity index (χ4n) is 2.50. The van der Waals surface area contributed by atoms with E-state index in [0.717, 1.165) is 30.9 Å². The number of likely N-dealkylation sites (N-methyl/N-ethyl adjacent to an activating group) is 1. The molecule has 4 nitrogen and oxygen atoms in total. The zero-order valence-electron chi connectivity index (χ0n) is 12.4. The van der Waals surface area contributed by atoms with Crippen molar-refractivity contribution in [2.24, 2.45) is 0 Å². The molecule has 1 N–H and O–H groups in total. The van der Waals surface area contributed by atoms with Gasteiger partial charge in [0.15, 0.2) is 0 Å². The van der Waals surface area contributed by atoms with Gasteiger partial charge in [-0.2, -0.15) is 0 Å². The molecule has 0 amide bonds. The van der Waals surface area contributed by atoms with Crippen molar-refractivity contribution in [1.29, 1.82) is 0 Å². The lowest BCUT2D eigenvalue weighted by atomic mass is 10.2. The molecule has 20 heavy (non-hydrogen) atoms. The summed E-state index contributed by atoms with van der Waals surface area (Å²) in [7, 11) is 0. The number of hydrogen-bond acceptors (Lipinski definition) is 4. The molecule has 1 fully saturated rings. The number of aliphatic hydroxyl groups is 1. The van der Waals surface area contributed by atoms with E-state index in [1.807, 2.05) is 24.3 Å². The van der Waals surface area contributed by atoms with Crippen LogP contribution >= 0.6 is 0 Å². The topological polar surface area (TPSA) is 35.9 Å². The van der Waals surface area contributed by atoms with Crippen LogP contribution in [-0.4, -0.2) is 60.8 Å². The largest absolute Gasteiger partial charge is 0.494 e. The smallest absolute Gasteiger partial charge is 0.119 e. The average molecular weight is 278 g/mol. The van der Waals surface area contributed by atoms with Crippen LogP contribution in [0.1, 0.15) is 18.9 Å². The predicted octanol–water partition coefficient (Wildman–Crippen LogP) is 1.59. The van der Waals surface area contributed by atoms with Gasteiger partial charge < -0.3 is 19.6 Å². The van der Waals surface area contributed by atoms with Gasteiger partial charge in [0.25, 0.3) is 0 Å². The molecule has 0 unspecified atom stereocenters. The lowest BCUT2D eigenvalue weighted by molar-refractivity contribution is 0.130. The lowest BCUT2D eigenvalue weighted by Gasteiger charge is -2.33. The zero-order chi connectivity index (χ0) is 14.2. The van der Waals surface area contributed by atoms with Crippen molar-refractivity contribution >= 4 is 0 Å². The summed E-state index contributed by atoms with van der Waals surface area (Å²) in [5.41, 5.74) is 0.922. The monoisotopic (exact) mass is 278 g/mol. The Morgan fingerprint density at radius 3 is 2.30 bits per heavy atom. The van der Waals surface area contributed by atoms with Gasteiger partial charge in [-0.25, -0.2) is 0 Å². The molecule has 0 aromatic heterocycles. The molecule has 1 aromatic carbocycles. The third-order valence-corrected chi connectivity index (χ3v) is 3.91. The highest BCUT2D eigenvalue weighted by atomic mass is 16.5. The first-order chi connectivity index (χ1) is 9.81. The van der Waals surface area contributed by atoms with Crippen molar-refractivity contribution in [3.63, 3.8) is 0 Å². The van der Waals surface area contributed by atoms with Gasteiger partial charge in [-0.3, -0.25) is 0 Å². The summed E-state index contributed by atoms with van der Waals surface area (Å²) >= 11 is 0. The van der Waals surface area contributed by atoms with Gasteiger partial charge >= 0.3 is 0 Å². The number of rotatable bonds is 7. The molecule has 0 atom stereocenters. The minimum Gasteiger partial charge on any atom is -0.494 e. The standard InChI is InChI=1S/C16H26N2O2/c1-2-17-9-11-18(12-10-17)8-3-13-20-16-6-4-15(14-19)5-7-16/h4-7,19H,2-3,8-14H2,1H3. The number of ether oxygens (including phenoxy) is 1. The summed E-state index contributed by atoms with van der Waals surface area (Å²) < 4.78 is 5.72. The molecule has 0 bridgehead atoms. The van der Waals surface area contributed by atoms with Gasteiger partial charge in [0.1, 0.15) is 5.75 Å². The van der Waals surface area contributed by atoms with Gasteiger partial charge in [0.2, 0.25) is 0 Å². The lowest BCUT2D eigenvalue weighted by Crippen LogP contribution is -2.46. The normalized spacial score (nSPS) is 17.3. The Hall–Kier alpha value is -1.10. The Balaban J connectivity index is 1.59. The van der Waals surface area contributed by atoms with Crippen LogP contribution in [0.4, 0.5) is 0 Å². The molecule has 2 rings (SSSR count). The third-order valence-electron chi connectivity index (χ3n) is 3.91. The minimum atomic E-state index is 0.0873. The number of piperazine rings is 1. The van der Waals surface area contributed by atoms with Crippen LogP contribution in [0.2, 0.25) is 0 Å². The molecule has 1 aliphatic heterocycles. The van der Waals surface area contributed by atoms with Crippen molar-refractivity contribution in [3.05, 3.63) is 29.8 Å². The quantitative estimate of drug-likeness (QED) is 0.768. The summed E-state index contributed by atoms with van der Waals surface area (Å²) in [5, 5.41) is 8.97. The van der Waals surface area contributed by atoms with Crippen molar-refractivity contribution in [3.8, 4) is 5.75 Å². The van der Waals surface area contributed by atoms with Gasteiger partial charge in [0.05, 0.1) is 13.2 Å². The predicted molar refractivity (Wildman–Crippen MR) is 81.0 cm³/mol. The van der Waals surface area contributed by atoms with Crippen molar-refractivity contribution in [2.45, 2.75) is 20.0 Å². The maximum atomic E-state index is 8.97. The van der Waals surface area contributed by atoms with Crippen LogP contribution in [0.15, 0.2) is 24.3 Å². The molecular formula is C16H26N2O2. The summed E-state index contributed by atoms with van der Waals surface area (Å²) in [4.78, 5) is 5.01. The molecule has 0 radical (unpaired) electrons. The van der Waals surface area contributed by atoms with Crippen LogP contribution in [0.5, 0.6) is 5.75 Å². The van der Waals surface area contributed by atoms with Crippen molar-refractivity contribution in [1.82, 2.24) is 9.80 Å². The van der Waals surface area contributed by atoms with Gasteiger partial charge in [-0.1, -0.05) is 19.1 Å². The van der Waals surface area contributed by atoms with Crippen LogP contribution in [0, 0.1) is 0 Å². The molecule has 0 aliphatic carbocycles. The van der Waals surface area contributed by atoms with E-state index < -0.39 is 0 Å². The second-order valence-corrected chi connectivity index (χ2v) is 5.28. The number of hydrogen-bond donors (Lipinski definition) is 1. The first-order valence-electron chi connectivity index (χ1n) is 7.59. The Kier molecular flexibility index (Phi) is 6.30. The number of benzene rings is 1. The van der Waals surface area contributed by atoms with E-state index in [0.29, 0.717) is 0 Å². The Morgan fingerprint density at radius 1 is 1.05 bits per heavy atom. The summed E-state index contributed by atoms with van der Waals surface area (Å²) in [6.45, 7) is 10.1. The highest BCUT2D eigenvalue weighted by Gasteiger charge is 2.14. The second kappa shape index (κ2) is 8.25. The number of aliphatic hydroxyl groups excluding tert-OH is 1. The fourth-order valence-corrected chi connectivity index (χ4v) is 2.50. The molecule has 112 valence electrons. The first-order valence-corrected chi connectivity index (χ1v) is 7.59. The summed E-state index contributed by atoms with van der Waals surface area (Å²) in [6, 6.07) is 7.65. The molecule has 1 aliphatic rings. The van der Waals surface area contributed by atoms with Crippen LogP contribution in [0.25, 0.3) is 0 Å². The molecule has 0 saturated carbocycles. The second-order valence-electron chi connectivity index (χ2n) is 5.28. The Bertz CT molecular complexity index is 373. The van der Waals surface area contributed by atoms with E-state index >= 15 is 0 Å². The molecule has 1 aromatic rings. The zero-order valence-corrected chi connectivity index (χ0v) is 12.4. The molecule has 1 saturated heterocycles. The van der Waals surface area contributed by atoms with E-state index in [-0.39, 0.29) is 6.61 Å². The van der Waals surface area contributed by atoms with Crippen molar-refractivity contribution in [2.75, 3.05) is 45.9 Å². The van der Waals surface area contributed by atoms with Crippen LogP contribution in [0.3, 0.4) is 0 Å². The van der Waals surface area contributed by atoms with E-state index in [9.17, 15) is 0 Å². The Labute approximate surface area is 122 Å². The highest BCUT2D eigenvalue weighted by molar-refractivity contribution is 5.26. The molecule has 0 spiro atoms. The van der Waals surface area contributed by atoms with Gasteiger partial charge in [-0.05, 0) is 30.7 Å². The first kappa shape index (κ1) is 15.3. The van der Waals surface area contributed by atoms with E-state index in [1.54, 1.807) is 0 Å². The summed E-state index contributed by atoms with van der Waals surface area (Å²) in [6.07, 6.45) is 1.06. The average Bonchev–Trinajstić information content (AvgIpc) is 2.53. The van der Waals surface area contributed by atoms with Gasteiger partial charge in [-0.15, -0.1) is 0 Å². The SMILES string of the molecule is CCN1CCN(CCCOc2ccc(CO)cc2)CC1.